The van der Waals surface area contributed by atoms with E-state index in [1.165, 1.54) is 6.07 Å². The zero-order valence-electron chi connectivity index (χ0n) is 15.7. The van der Waals surface area contributed by atoms with Crippen LogP contribution >= 0.6 is 0 Å². The zero-order chi connectivity index (χ0) is 19.1. The Morgan fingerprint density at radius 2 is 1.89 bits per heavy atom. The summed E-state index contributed by atoms with van der Waals surface area (Å²) in [6.07, 6.45) is 3.28. The predicted octanol–water partition coefficient (Wildman–Crippen LogP) is 4.60. The molecule has 146 valence electrons. The van der Waals surface area contributed by atoms with Crippen molar-refractivity contribution in [1.29, 1.82) is 0 Å². The highest BCUT2D eigenvalue weighted by Gasteiger charge is 2.42. The fourth-order valence-corrected chi connectivity index (χ4v) is 4.78. The fourth-order valence-electron chi connectivity index (χ4n) is 4.78. The number of oxazole rings is 1. The summed E-state index contributed by atoms with van der Waals surface area (Å²) in [6, 6.07) is 12.9. The molecule has 2 fully saturated rings. The Morgan fingerprint density at radius 3 is 2.79 bits per heavy atom. The molecule has 1 aromatic heterocycles. The lowest BCUT2D eigenvalue weighted by Crippen LogP contribution is -2.44. The van der Waals surface area contributed by atoms with Crippen LogP contribution in [0.2, 0.25) is 0 Å². The van der Waals surface area contributed by atoms with Crippen LogP contribution in [-0.2, 0) is 6.54 Å². The van der Waals surface area contributed by atoms with Crippen molar-refractivity contribution in [1.82, 2.24) is 9.88 Å². The summed E-state index contributed by atoms with van der Waals surface area (Å²) in [6.45, 7) is 4.06. The highest BCUT2D eigenvalue weighted by molar-refractivity contribution is 5.74. The molecule has 0 N–H and O–H groups in total. The number of para-hydroxylation sites is 2. The highest BCUT2D eigenvalue weighted by atomic mass is 19.2. The minimum atomic E-state index is -0.771. The fraction of sp³-hybridized carbons (Fsp3) is 0.409. The Hall–Kier alpha value is -2.47. The molecule has 3 aromatic rings. The number of hydrogen-bond donors (Lipinski definition) is 0. The molecular weight excluding hydrogens is 360 g/mol. The summed E-state index contributed by atoms with van der Waals surface area (Å²) in [5.41, 5.74) is 2.28. The third-order valence-corrected chi connectivity index (χ3v) is 6.16. The second kappa shape index (κ2) is 6.85. The van der Waals surface area contributed by atoms with Gasteiger partial charge in [0.15, 0.2) is 17.2 Å². The maximum atomic E-state index is 14.1. The predicted molar refractivity (Wildman–Crippen MR) is 104 cm³/mol. The molecule has 0 amide bonds. The van der Waals surface area contributed by atoms with Crippen LogP contribution in [0.3, 0.4) is 0 Å². The molecule has 0 aliphatic carbocycles. The second-order valence-electron chi connectivity index (χ2n) is 8.16. The first-order valence-corrected chi connectivity index (χ1v) is 9.88. The van der Waals surface area contributed by atoms with Crippen LogP contribution in [0.25, 0.3) is 11.1 Å². The summed E-state index contributed by atoms with van der Waals surface area (Å²) in [7, 11) is 0. The number of rotatable bonds is 3. The van der Waals surface area contributed by atoms with E-state index in [4.69, 9.17) is 4.42 Å². The number of nitrogens with zero attached hydrogens (tertiary/aromatic N) is 3. The van der Waals surface area contributed by atoms with Gasteiger partial charge in [0, 0.05) is 37.2 Å². The second-order valence-corrected chi connectivity index (χ2v) is 8.16. The Balaban J connectivity index is 1.31. The monoisotopic (exact) mass is 383 g/mol. The van der Waals surface area contributed by atoms with E-state index in [0.29, 0.717) is 18.1 Å². The molecule has 2 aliphatic heterocycles. The van der Waals surface area contributed by atoms with Crippen LogP contribution in [0.15, 0.2) is 46.9 Å². The van der Waals surface area contributed by atoms with Gasteiger partial charge in [-0.1, -0.05) is 24.3 Å². The minimum Gasteiger partial charge on any atom is -0.423 e. The third-order valence-electron chi connectivity index (χ3n) is 6.16. The van der Waals surface area contributed by atoms with Crippen molar-refractivity contribution in [2.45, 2.75) is 25.8 Å². The van der Waals surface area contributed by atoms with Crippen LogP contribution in [-0.4, -0.2) is 36.1 Å². The first-order chi connectivity index (χ1) is 13.6. The van der Waals surface area contributed by atoms with Gasteiger partial charge in [-0.25, -0.2) is 8.78 Å². The summed E-state index contributed by atoms with van der Waals surface area (Å²) in [5.74, 6) is -1.49. The van der Waals surface area contributed by atoms with E-state index in [9.17, 15) is 8.78 Å². The van der Waals surface area contributed by atoms with Crippen molar-refractivity contribution >= 4 is 17.1 Å². The van der Waals surface area contributed by atoms with Crippen LogP contribution in [0, 0.1) is 17.0 Å². The smallest absolute Gasteiger partial charge is 0.298 e. The number of aromatic nitrogens is 1. The van der Waals surface area contributed by atoms with Crippen molar-refractivity contribution in [2.75, 3.05) is 31.1 Å². The highest BCUT2D eigenvalue weighted by Crippen LogP contribution is 2.41. The Labute approximate surface area is 162 Å². The maximum Gasteiger partial charge on any atom is 0.298 e. The largest absolute Gasteiger partial charge is 0.423 e. The van der Waals surface area contributed by atoms with Crippen LogP contribution in [0.5, 0.6) is 0 Å². The van der Waals surface area contributed by atoms with Gasteiger partial charge in [0.2, 0.25) is 0 Å². The van der Waals surface area contributed by atoms with E-state index in [-0.39, 0.29) is 5.41 Å². The molecular formula is C22H23F2N3O. The first-order valence-electron chi connectivity index (χ1n) is 9.88. The molecule has 0 saturated carbocycles. The van der Waals surface area contributed by atoms with Crippen LogP contribution in [0.4, 0.5) is 14.8 Å². The maximum absolute atomic E-state index is 14.1. The third kappa shape index (κ3) is 3.15. The average molecular weight is 383 g/mol. The number of fused-ring (bicyclic) bond motifs is 1. The molecule has 5 rings (SSSR count). The Morgan fingerprint density at radius 1 is 1.00 bits per heavy atom. The zero-order valence-corrected chi connectivity index (χ0v) is 15.7. The van der Waals surface area contributed by atoms with E-state index in [1.807, 2.05) is 24.3 Å². The molecule has 0 radical (unpaired) electrons. The quantitative estimate of drug-likeness (QED) is 0.662. The van der Waals surface area contributed by atoms with Gasteiger partial charge in [0.05, 0.1) is 0 Å². The summed E-state index contributed by atoms with van der Waals surface area (Å²) < 4.78 is 33.6. The number of benzene rings is 2. The SMILES string of the molecule is Fc1cccc(CN2CCCC3(CCN(c4nc5ccccc5o4)C3)C2)c1F. The van der Waals surface area contributed by atoms with Crippen molar-refractivity contribution in [3.05, 3.63) is 59.7 Å². The molecule has 1 atom stereocenters. The van der Waals surface area contributed by atoms with E-state index in [2.05, 4.69) is 14.8 Å². The van der Waals surface area contributed by atoms with Crippen molar-refractivity contribution < 1.29 is 13.2 Å². The molecule has 28 heavy (non-hydrogen) atoms. The lowest BCUT2D eigenvalue weighted by Gasteiger charge is -2.40. The molecule has 3 heterocycles. The molecule has 2 saturated heterocycles. The first kappa shape index (κ1) is 17.6. The topological polar surface area (TPSA) is 32.5 Å². The van der Waals surface area contributed by atoms with Gasteiger partial charge < -0.3 is 9.32 Å². The molecule has 1 unspecified atom stereocenters. The van der Waals surface area contributed by atoms with Gasteiger partial charge in [0.1, 0.15) is 5.52 Å². The van der Waals surface area contributed by atoms with E-state index in [0.717, 1.165) is 56.5 Å². The summed E-state index contributed by atoms with van der Waals surface area (Å²) >= 11 is 0. The molecule has 2 aromatic carbocycles. The number of hydrogen-bond acceptors (Lipinski definition) is 4. The molecule has 4 nitrogen and oxygen atoms in total. The van der Waals surface area contributed by atoms with Gasteiger partial charge in [0.25, 0.3) is 6.01 Å². The van der Waals surface area contributed by atoms with Gasteiger partial charge in [-0.15, -0.1) is 0 Å². The normalized spacial score (nSPS) is 23.1. The lowest BCUT2D eigenvalue weighted by molar-refractivity contribution is 0.0978. The van der Waals surface area contributed by atoms with E-state index in [1.54, 1.807) is 12.1 Å². The van der Waals surface area contributed by atoms with Gasteiger partial charge >= 0.3 is 0 Å². The number of likely N-dealkylation sites (tertiary alicyclic amines) is 1. The molecule has 2 aliphatic rings. The van der Waals surface area contributed by atoms with Crippen LogP contribution in [0.1, 0.15) is 24.8 Å². The number of anilines is 1. The van der Waals surface area contributed by atoms with E-state index >= 15 is 0 Å². The van der Waals surface area contributed by atoms with E-state index < -0.39 is 11.6 Å². The van der Waals surface area contributed by atoms with Crippen LogP contribution < -0.4 is 4.90 Å². The molecule has 1 spiro atoms. The van der Waals surface area contributed by atoms with Gasteiger partial charge in [-0.3, -0.25) is 4.90 Å². The lowest BCUT2D eigenvalue weighted by atomic mass is 9.79. The summed E-state index contributed by atoms with van der Waals surface area (Å²) in [4.78, 5) is 9.12. The van der Waals surface area contributed by atoms with Crippen molar-refractivity contribution in [2.24, 2.45) is 5.41 Å². The van der Waals surface area contributed by atoms with Gasteiger partial charge in [-0.05, 0) is 44.0 Å². The molecule has 0 bridgehead atoms. The number of piperidine rings is 1. The van der Waals surface area contributed by atoms with Crippen molar-refractivity contribution in [3.8, 4) is 0 Å². The average Bonchev–Trinajstić information content (AvgIpc) is 3.30. The number of halogens is 2. The Kier molecular flexibility index (Phi) is 4.31. The minimum absolute atomic E-state index is 0.155. The Bertz CT molecular complexity index is 971. The molecule has 6 heteroatoms. The standard InChI is InChI=1S/C22H23F2N3O/c23-17-6-3-5-16(20(17)24)13-26-11-4-9-22(14-26)10-12-27(15-22)21-25-18-7-1-2-8-19(18)28-21/h1-3,5-8H,4,9-15H2. The van der Waals surface area contributed by atoms with Crippen molar-refractivity contribution in [3.63, 3.8) is 0 Å². The van der Waals surface area contributed by atoms with Gasteiger partial charge in [-0.2, -0.15) is 4.98 Å². The summed E-state index contributed by atoms with van der Waals surface area (Å²) in [5, 5.41) is 0.